The number of aromatic nitrogens is 1. The van der Waals surface area contributed by atoms with Crippen molar-refractivity contribution < 1.29 is 14.7 Å². The maximum absolute atomic E-state index is 12.0. The van der Waals surface area contributed by atoms with Gasteiger partial charge in [0.15, 0.2) is 0 Å². The van der Waals surface area contributed by atoms with Gasteiger partial charge in [0, 0.05) is 5.69 Å². The Labute approximate surface area is 106 Å². The van der Waals surface area contributed by atoms with Crippen LogP contribution in [0.5, 0.6) is 0 Å². The molecule has 0 bridgehead atoms. The highest BCUT2D eigenvalue weighted by atomic mass is 16.4. The minimum absolute atomic E-state index is 0.176. The Morgan fingerprint density at radius 1 is 1.28 bits per heavy atom. The molecule has 0 aliphatic carbocycles. The van der Waals surface area contributed by atoms with E-state index >= 15 is 0 Å². The number of carboxylic acids is 1. The van der Waals surface area contributed by atoms with Crippen LogP contribution in [0.2, 0.25) is 0 Å². The average molecular weight is 250 g/mol. The number of nitrogens with one attached hydrogen (secondary N) is 1. The van der Waals surface area contributed by atoms with Gasteiger partial charge in [0.05, 0.1) is 11.3 Å². The van der Waals surface area contributed by atoms with Crippen molar-refractivity contribution in [3.63, 3.8) is 0 Å². The van der Waals surface area contributed by atoms with Gasteiger partial charge < -0.3 is 10.4 Å². The Balaban J connectivity index is 2.91. The van der Waals surface area contributed by atoms with E-state index in [2.05, 4.69) is 10.3 Å². The first kappa shape index (κ1) is 14.2. The van der Waals surface area contributed by atoms with Crippen molar-refractivity contribution in [3.8, 4) is 0 Å². The molecule has 1 atom stereocenters. The molecule has 0 spiro atoms. The van der Waals surface area contributed by atoms with Gasteiger partial charge in [-0.25, -0.2) is 4.79 Å². The van der Waals surface area contributed by atoms with E-state index in [1.165, 1.54) is 0 Å². The summed E-state index contributed by atoms with van der Waals surface area (Å²) in [5, 5.41) is 11.5. The second kappa shape index (κ2) is 5.62. The van der Waals surface area contributed by atoms with Gasteiger partial charge in [-0.15, -0.1) is 0 Å². The molecular weight excluding hydrogens is 232 g/mol. The number of hydrogen-bond acceptors (Lipinski definition) is 3. The topological polar surface area (TPSA) is 79.3 Å². The Hall–Kier alpha value is -1.91. The van der Waals surface area contributed by atoms with Gasteiger partial charge in [-0.3, -0.25) is 9.78 Å². The molecule has 1 rings (SSSR count). The largest absolute Gasteiger partial charge is 0.480 e. The highest BCUT2D eigenvalue weighted by Crippen LogP contribution is 2.09. The number of carbonyl (C=O) groups excluding carboxylic acids is 1. The van der Waals surface area contributed by atoms with Crippen LogP contribution < -0.4 is 5.32 Å². The molecule has 0 saturated heterocycles. The summed E-state index contributed by atoms with van der Waals surface area (Å²) in [5.74, 6) is -1.61. The summed E-state index contributed by atoms with van der Waals surface area (Å²) >= 11 is 0. The molecule has 0 saturated carbocycles. The van der Waals surface area contributed by atoms with Crippen molar-refractivity contribution in [1.29, 1.82) is 0 Å². The highest BCUT2D eigenvalue weighted by molar-refractivity contribution is 5.97. The Morgan fingerprint density at radius 2 is 1.89 bits per heavy atom. The molecule has 0 fully saturated rings. The maximum atomic E-state index is 12.0. The molecule has 1 unspecified atom stereocenters. The highest BCUT2D eigenvalue weighted by Gasteiger charge is 2.24. The molecule has 2 N–H and O–H groups in total. The molecule has 18 heavy (non-hydrogen) atoms. The molecule has 5 heteroatoms. The van der Waals surface area contributed by atoms with Crippen molar-refractivity contribution in [2.45, 2.75) is 33.7 Å². The number of hydrogen-bond donors (Lipinski definition) is 2. The Kier molecular flexibility index (Phi) is 4.42. The minimum atomic E-state index is -1.03. The van der Waals surface area contributed by atoms with E-state index in [1.807, 2.05) is 6.92 Å². The second-order valence-electron chi connectivity index (χ2n) is 4.62. The van der Waals surface area contributed by atoms with Crippen molar-refractivity contribution in [1.82, 2.24) is 10.3 Å². The lowest BCUT2D eigenvalue weighted by Crippen LogP contribution is -2.44. The average Bonchev–Trinajstić information content (AvgIpc) is 2.24. The van der Waals surface area contributed by atoms with E-state index in [1.54, 1.807) is 32.9 Å². The summed E-state index contributed by atoms with van der Waals surface area (Å²) in [6, 6.07) is 2.50. The van der Waals surface area contributed by atoms with Gasteiger partial charge in [-0.2, -0.15) is 0 Å². The molecule has 1 aromatic heterocycles. The van der Waals surface area contributed by atoms with Crippen molar-refractivity contribution in [2.75, 3.05) is 0 Å². The van der Waals surface area contributed by atoms with Crippen LogP contribution in [0.4, 0.5) is 0 Å². The molecular formula is C13H18N2O3. The number of carboxylic acid groups (broad SMARTS) is 1. The monoisotopic (exact) mass is 250 g/mol. The van der Waals surface area contributed by atoms with Gasteiger partial charge in [0.1, 0.15) is 6.04 Å². The fraction of sp³-hybridized carbons (Fsp3) is 0.462. The number of nitrogens with zero attached hydrogens (tertiary/aromatic N) is 1. The van der Waals surface area contributed by atoms with Crippen molar-refractivity contribution >= 4 is 11.9 Å². The second-order valence-corrected chi connectivity index (χ2v) is 4.62. The molecule has 0 radical (unpaired) electrons. The van der Waals surface area contributed by atoms with E-state index in [9.17, 15) is 9.59 Å². The molecule has 98 valence electrons. The summed E-state index contributed by atoms with van der Waals surface area (Å²) in [5.41, 5.74) is 1.83. The zero-order valence-corrected chi connectivity index (χ0v) is 11.0. The zero-order valence-electron chi connectivity index (χ0n) is 11.0. The first-order chi connectivity index (χ1) is 8.32. The van der Waals surface area contributed by atoms with Crippen LogP contribution in [0.1, 0.15) is 35.6 Å². The summed E-state index contributed by atoms with van der Waals surface area (Å²) in [7, 11) is 0. The molecule has 1 heterocycles. The zero-order chi connectivity index (χ0) is 13.9. The van der Waals surface area contributed by atoms with Gasteiger partial charge >= 0.3 is 5.97 Å². The van der Waals surface area contributed by atoms with Gasteiger partial charge in [-0.05, 0) is 31.9 Å². The summed E-state index contributed by atoms with van der Waals surface area (Å²) in [6.07, 6.45) is 0. The molecule has 0 aliphatic heterocycles. The van der Waals surface area contributed by atoms with Crippen LogP contribution in [-0.4, -0.2) is 28.0 Å². The van der Waals surface area contributed by atoms with E-state index in [4.69, 9.17) is 5.11 Å². The summed E-state index contributed by atoms with van der Waals surface area (Å²) in [6.45, 7) is 7.06. The Bertz CT molecular complexity index is 469. The quantitative estimate of drug-likeness (QED) is 0.849. The fourth-order valence-electron chi connectivity index (χ4n) is 1.66. The smallest absolute Gasteiger partial charge is 0.326 e. The van der Waals surface area contributed by atoms with Crippen LogP contribution in [0.3, 0.4) is 0 Å². The van der Waals surface area contributed by atoms with Crippen LogP contribution in [0, 0.1) is 19.8 Å². The lowest BCUT2D eigenvalue weighted by atomic mass is 10.0. The minimum Gasteiger partial charge on any atom is -0.480 e. The molecule has 1 amide bonds. The van der Waals surface area contributed by atoms with E-state index in [-0.39, 0.29) is 5.92 Å². The van der Waals surface area contributed by atoms with Crippen LogP contribution in [-0.2, 0) is 4.79 Å². The summed E-state index contributed by atoms with van der Waals surface area (Å²) in [4.78, 5) is 27.2. The molecule has 5 nitrogen and oxygen atoms in total. The van der Waals surface area contributed by atoms with E-state index in [0.717, 1.165) is 5.69 Å². The van der Waals surface area contributed by atoms with Gasteiger partial charge in [0.25, 0.3) is 5.91 Å². The fourth-order valence-corrected chi connectivity index (χ4v) is 1.66. The third kappa shape index (κ3) is 3.29. The summed E-state index contributed by atoms with van der Waals surface area (Å²) < 4.78 is 0. The van der Waals surface area contributed by atoms with Gasteiger partial charge in [0.2, 0.25) is 0 Å². The lowest BCUT2D eigenvalue weighted by Gasteiger charge is -2.18. The first-order valence-electron chi connectivity index (χ1n) is 5.81. The SMILES string of the molecule is Cc1ccc(C(=O)NC(C(=O)O)C(C)C)c(C)n1. The Morgan fingerprint density at radius 3 is 2.33 bits per heavy atom. The van der Waals surface area contributed by atoms with Crippen LogP contribution in [0.25, 0.3) is 0 Å². The first-order valence-corrected chi connectivity index (χ1v) is 5.81. The standard InChI is InChI=1S/C13H18N2O3/c1-7(2)11(13(17)18)15-12(16)10-6-5-8(3)14-9(10)4/h5-7,11H,1-4H3,(H,15,16)(H,17,18). The number of pyridine rings is 1. The van der Waals surface area contributed by atoms with Crippen LogP contribution >= 0.6 is 0 Å². The molecule has 1 aromatic rings. The predicted octanol–water partition coefficient (Wildman–Crippen LogP) is 1.54. The number of aryl methyl sites for hydroxylation is 2. The van der Waals surface area contributed by atoms with E-state index < -0.39 is 17.9 Å². The third-order valence-corrected chi connectivity index (χ3v) is 2.69. The number of amides is 1. The lowest BCUT2D eigenvalue weighted by molar-refractivity contribution is -0.140. The predicted molar refractivity (Wildman–Crippen MR) is 67.4 cm³/mol. The number of carbonyl (C=O) groups is 2. The van der Waals surface area contributed by atoms with Gasteiger partial charge in [-0.1, -0.05) is 13.8 Å². The third-order valence-electron chi connectivity index (χ3n) is 2.69. The molecule has 0 aromatic carbocycles. The maximum Gasteiger partial charge on any atom is 0.326 e. The molecule has 0 aliphatic rings. The van der Waals surface area contributed by atoms with Crippen molar-refractivity contribution in [2.24, 2.45) is 5.92 Å². The van der Waals surface area contributed by atoms with E-state index in [0.29, 0.717) is 11.3 Å². The van der Waals surface area contributed by atoms with Crippen molar-refractivity contribution in [3.05, 3.63) is 29.1 Å². The number of rotatable bonds is 4. The normalized spacial score (nSPS) is 12.3. The van der Waals surface area contributed by atoms with Crippen LogP contribution in [0.15, 0.2) is 12.1 Å². The number of aliphatic carboxylic acids is 1.